The Morgan fingerprint density at radius 1 is 1.15 bits per heavy atom. The molecule has 108 valence electrons. The zero-order valence-corrected chi connectivity index (χ0v) is 12.8. The molecular weight excluding hydrogens is 244 g/mol. The highest BCUT2D eigenvalue weighted by atomic mass is 16.1. The van der Waals surface area contributed by atoms with E-state index < -0.39 is 0 Å². The lowest BCUT2D eigenvalue weighted by Crippen LogP contribution is -2.16. The molecule has 0 amide bonds. The van der Waals surface area contributed by atoms with Gasteiger partial charge in [-0.15, -0.1) is 0 Å². The SMILES string of the molecule is CC(C)c1ccc(CC(=O)CC2CC3CCC2C3)cc1. The molecule has 3 atom stereocenters. The Balaban J connectivity index is 1.53. The van der Waals surface area contributed by atoms with Gasteiger partial charge in [0.05, 0.1) is 0 Å². The first kappa shape index (κ1) is 13.9. The molecule has 0 saturated heterocycles. The van der Waals surface area contributed by atoms with Crippen molar-refractivity contribution in [1.29, 1.82) is 0 Å². The summed E-state index contributed by atoms with van der Waals surface area (Å²) < 4.78 is 0. The summed E-state index contributed by atoms with van der Waals surface area (Å²) in [6.45, 7) is 4.41. The predicted molar refractivity (Wildman–Crippen MR) is 82.8 cm³/mol. The van der Waals surface area contributed by atoms with E-state index in [0.29, 0.717) is 24.0 Å². The number of benzene rings is 1. The average Bonchev–Trinajstić information content (AvgIpc) is 3.01. The molecule has 1 nitrogen and oxygen atoms in total. The van der Waals surface area contributed by atoms with Crippen LogP contribution in [0, 0.1) is 17.8 Å². The van der Waals surface area contributed by atoms with E-state index in [4.69, 9.17) is 0 Å². The van der Waals surface area contributed by atoms with E-state index in [0.717, 1.165) is 18.3 Å². The first-order valence-electron chi connectivity index (χ1n) is 8.22. The van der Waals surface area contributed by atoms with Crippen molar-refractivity contribution in [1.82, 2.24) is 0 Å². The molecule has 0 N–H and O–H groups in total. The fourth-order valence-corrected chi connectivity index (χ4v) is 4.24. The molecule has 20 heavy (non-hydrogen) atoms. The molecule has 2 aliphatic carbocycles. The van der Waals surface area contributed by atoms with Gasteiger partial charge in [-0.3, -0.25) is 4.79 Å². The van der Waals surface area contributed by atoms with Crippen molar-refractivity contribution in [2.45, 2.75) is 58.3 Å². The number of hydrogen-bond donors (Lipinski definition) is 0. The Hall–Kier alpha value is -1.11. The second kappa shape index (κ2) is 5.71. The minimum Gasteiger partial charge on any atom is -0.299 e. The first-order chi connectivity index (χ1) is 9.61. The molecule has 1 aromatic carbocycles. The summed E-state index contributed by atoms with van der Waals surface area (Å²) in [7, 11) is 0. The maximum Gasteiger partial charge on any atom is 0.137 e. The third kappa shape index (κ3) is 2.97. The van der Waals surface area contributed by atoms with Crippen molar-refractivity contribution in [3.05, 3.63) is 35.4 Å². The third-order valence-electron chi connectivity index (χ3n) is 5.42. The molecule has 2 saturated carbocycles. The van der Waals surface area contributed by atoms with Crippen molar-refractivity contribution < 1.29 is 4.79 Å². The fraction of sp³-hybridized carbons (Fsp3) is 0.632. The minimum absolute atomic E-state index is 0.444. The first-order valence-corrected chi connectivity index (χ1v) is 8.22. The summed E-state index contributed by atoms with van der Waals surface area (Å²) in [4.78, 5) is 12.3. The lowest BCUT2D eigenvalue weighted by atomic mass is 9.84. The molecule has 3 unspecified atom stereocenters. The van der Waals surface area contributed by atoms with Crippen molar-refractivity contribution >= 4 is 5.78 Å². The molecule has 0 aromatic heterocycles. The molecule has 1 heteroatoms. The number of ketones is 1. The van der Waals surface area contributed by atoms with E-state index in [-0.39, 0.29) is 0 Å². The van der Waals surface area contributed by atoms with Crippen LogP contribution >= 0.6 is 0 Å². The summed E-state index contributed by atoms with van der Waals surface area (Å²) in [5.74, 6) is 3.53. The number of carbonyl (C=O) groups is 1. The number of rotatable bonds is 5. The van der Waals surface area contributed by atoms with E-state index in [1.807, 2.05) is 0 Å². The maximum absolute atomic E-state index is 12.3. The van der Waals surface area contributed by atoms with Crippen LogP contribution in [0.25, 0.3) is 0 Å². The Bertz CT molecular complexity index is 471. The van der Waals surface area contributed by atoms with Gasteiger partial charge in [0.25, 0.3) is 0 Å². The van der Waals surface area contributed by atoms with Gasteiger partial charge in [-0.1, -0.05) is 44.5 Å². The smallest absolute Gasteiger partial charge is 0.137 e. The van der Waals surface area contributed by atoms with Crippen molar-refractivity contribution in [2.24, 2.45) is 17.8 Å². The van der Waals surface area contributed by atoms with Gasteiger partial charge in [-0.2, -0.15) is 0 Å². The van der Waals surface area contributed by atoms with Crippen LogP contribution in [0.3, 0.4) is 0 Å². The van der Waals surface area contributed by atoms with Crippen LogP contribution in [0.15, 0.2) is 24.3 Å². The van der Waals surface area contributed by atoms with Crippen LogP contribution in [0.4, 0.5) is 0 Å². The molecule has 3 rings (SSSR count). The average molecular weight is 270 g/mol. The second-order valence-corrected chi connectivity index (χ2v) is 7.25. The third-order valence-corrected chi connectivity index (χ3v) is 5.42. The number of Topliss-reactive ketones (excluding diaryl/α,β-unsaturated/α-hetero) is 1. The molecule has 1 aromatic rings. The van der Waals surface area contributed by atoms with Crippen LogP contribution in [-0.2, 0) is 11.2 Å². The number of fused-ring (bicyclic) bond motifs is 2. The van der Waals surface area contributed by atoms with Gasteiger partial charge in [0.1, 0.15) is 5.78 Å². The topological polar surface area (TPSA) is 17.1 Å². The Labute approximate surface area is 122 Å². The lowest BCUT2D eigenvalue weighted by molar-refractivity contribution is -0.119. The second-order valence-electron chi connectivity index (χ2n) is 7.25. The zero-order chi connectivity index (χ0) is 14.1. The van der Waals surface area contributed by atoms with E-state index in [1.165, 1.54) is 36.8 Å². The zero-order valence-electron chi connectivity index (χ0n) is 12.8. The highest BCUT2D eigenvalue weighted by Gasteiger charge is 2.39. The molecular formula is C19H26O. The quantitative estimate of drug-likeness (QED) is 0.754. The van der Waals surface area contributed by atoms with Gasteiger partial charge in [-0.25, -0.2) is 0 Å². The summed E-state index contributed by atoms with van der Waals surface area (Å²) >= 11 is 0. The normalized spacial score (nSPS) is 28.2. The summed E-state index contributed by atoms with van der Waals surface area (Å²) in [5, 5.41) is 0. The van der Waals surface area contributed by atoms with Crippen molar-refractivity contribution in [3.8, 4) is 0 Å². The Kier molecular flexibility index (Phi) is 3.96. The standard InChI is InChI=1S/C19H26O/c1-13(2)16-6-3-14(4-7-16)11-19(20)12-18-10-15-5-8-17(18)9-15/h3-4,6-7,13,15,17-18H,5,8-12H2,1-2H3. The number of carbonyl (C=O) groups excluding carboxylic acids is 1. The Morgan fingerprint density at radius 3 is 2.45 bits per heavy atom. The molecule has 0 heterocycles. The van der Waals surface area contributed by atoms with Crippen LogP contribution in [0.2, 0.25) is 0 Å². The molecule has 0 radical (unpaired) electrons. The molecule has 2 aliphatic rings. The van der Waals surface area contributed by atoms with Crippen molar-refractivity contribution in [2.75, 3.05) is 0 Å². The number of hydrogen-bond acceptors (Lipinski definition) is 1. The van der Waals surface area contributed by atoms with E-state index in [1.54, 1.807) is 0 Å². The Morgan fingerprint density at radius 2 is 1.90 bits per heavy atom. The lowest BCUT2D eigenvalue weighted by Gasteiger charge is -2.20. The van der Waals surface area contributed by atoms with Crippen LogP contribution in [-0.4, -0.2) is 5.78 Å². The summed E-state index contributed by atoms with van der Waals surface area (Å²) in [5.41, 5.74) is 2.54. The van der Waals surface area contributed by atoms with Gasteiger partial charge in [0, 0.05) is 12.8 Å². The van der Waals surface area contributed by atoms with Gasteiger partial charge < -0.3 is 0 Å². The van der Waals surface area contributed by atoms with E-state index >= 15 is 0 Å². The van der Waals surface area contributed by atoms with Gasteiger partial charge in [0.2, 0.25) is 0 Å². The van der Waals surface area contributed by atoms with Gasteiger partial charge >= 0.3 is 0 Å². The van der Waals surface area contributed by atoms with Crippen LogP contribution < -0.4 is 0 Å². The maximum atomic E-state index is 12.3. The minimum atomic E-state index is 0.444. The highest BCUT2D eigenvalue weighted by molar-refractivity contribution is 5.81. The summed E-state index contributed by atoms with van der Waals surface area (Å²) in [6.07, 6.45) is 6.99. The molecule has 2 fully saturated rings. The van der Waals surface area contributed by atoms with E-state index in [9.17, 15) is 4.79 Å². The van der Waals surface area contributed by atoms with Crippen molar-refractivity contribution in [3.63, 3.8) is 0 Å². The monoisotopic (exact) mass is 270 g/mol. The molecule has 0 aliphatic heterocycles. The van der Waals surface area contributed by atoms with Gasteiger partial charge in [-0.05, 0) is 54.1 Å². The fourth-order valence-electron chi connectivity index (χ4n) is 4.24. The summed E-state index contributed by atoms with van der Waals surface area (Å²) in [6, 6.07) is 8.61. The van der Waals surface area contributed by atoms with Crippen LogP contribution in [0.1, 0.15) is 63.0 Å². The predicted octanol–water partition coefficient (Wildman–Crippen LogP) is 4.75. The molecule has 0 spiro atoms. The van der Waals surface area contributed by atoms with Crippen LogP contribution in [0.5, 0.6) is 0 Å². The highest BCUT2D eigenvalue weighted by Crippen LogP contribution is 2.49. The largest absolute Gasteiger partial charge is 0.299 e. The van der Waals surface area contributed by atoms with Gasteiger partial charge in [0.15, 0.2) is 0 Å². The molecule has 2 bridgehead atoms. The van der Waals surface area contributed by atoms with E-state index in [2.05, 4.69) is 38.1 Å².